The minimum absolute atomic E-state index is 0.118. The van der Waals surface area contributed by atoms with Gasteiger partial charge in [0.05, 0.1) is 11.7 Å². The molecule has 0 saturated carbocycles. The zero-order valence-electron chi connectivity index (χ0n) is 16.0. The van der Waals surface area contributed by atoms with Crippen molar-refractivity contribution in [2.75, 3.05) is 0 Å². The van der Waals surface area contributed by atoms with Gasteiger partial charge in [-0.15, -0.1) is 0 Å². The van der Waals surface area contributed by atoms with Crippen LogP contribution in [0.1, 0.15) is 24.3 Å². The van der Waals surface area contributed by atoms with Crippen LogP contribution in [0.3, 0.4) is 0 Å². The summed E-state index contributed by atoms with van der Waals surface area (Å²) in [5.74, 6) is 1.20. The summed E-state index contributed by atoms with van der Waals surface area (Å²) in [5, 5.41) is 14.1. The summed E-state index contributed by atoms with van der Waals surface area (Å²) in [6.07, 6.45) is 2.41. The van der Waals surface area contributed by atoms with Crippen LogP contribution in [0.5, 0.6) is 5.75 Å². The lowest BCUT2D eigenvalue weighted by Crippen LogP contribution is -2.03. The van der Waals surface area contributed by atoms with Crippen molar-refractivity contribution in [2.45, 2.75) is 32.9 Å². The molecule has 7 nitrogen and oxygen atoms in total. The van der Waals surface area contributed by atoms with Crippen LogP contribution < -0.4 is 4.74 Å². The molecule has 2 aromatic heterocycles. The molecule has 4 rings (SSSR count). The van der Waals surface area contributed by atoms with E-state index in [1.807, 2.05) is 55.5 Å². The molecule has 0 aliphatic heterocycles. The van der Waals surface area contributed by atoms with Gasteiger partial charge in [0.2, 0.25) is 5.89 Å². The number of aliphatic carboxylic acids is 1. The molecular weight excluding hydrogens is 370 g/mol. The van der Waals surface area contributed by atoms with Crippen LogP contribution >= 0.6 is 0 Å². The first kappa shape index (κ1) is 18.7. The fourth-order valence-corrected chi connectivity index (χ4v) is 3.12. The summed E-state index contributed by atoms with van der Waals surface area (Å²) in [7, 11) is 0. The van der Waals surface area contributed by atoms with Crippen molar-refractivity contribution >= 4 is 16.9 Å². The van der Waals surface area contributed by atoms with E-state index in [-0.39, 0.29) is 6.42 Å². The molecular formula is C22H21N3O4. The summed E-state index contributed by atoms with van der Waals surface area (Å²) in [5.41, 5.74) is 2.59. The summed E-state index contributed by atoms with van der Waals surface area (Å²) >= 11 is 0. The Kier molecular flexibility index (Phi) is 5.29. The quantitative estimate of drug-likeness (QED) is 0.477. The number of carboxylic acid groups (broad SMARTS) is 1. The third-order valence-corrected chi connectivity index (χ3v) is 4.67. The highest BCUT2D eigenvalue weighted by atomic mass is 16.5. The van der Waals surface area contributed by atoms with Crippen molar-refractivity contribution in [1.82, 2.24) is 14.8 Å². The molecule has 4 aromatic rings. The number of oxazole rings is 1. The van der Waals surface area contributed by atoms with E-state index >= 15 is 0 Å². The number of carbonyl (C=O) groups is 1. The molecule has 2 aromatic carbocycles. The second-order valence-electron chi connectivity index (χ2n) is 6.76. The second-order valence-corrected chi connectivity index (χ2v) is 6.76. The van der Waals surface area contributed by atoms with Gasteiger partial charge in [0, 0.05) is 30.0 Å². The van der Waals surface area contributed by atoms with E-state index in [2.05, 4.69) is 10.1 Å². The Morgan fingerprint density at radius 1 is 1.21 bits per heavy atom. The molecule has 0 spiro atoms. The number of rotatable bonds is 8. The number of aromatic nitrogens is 3. The highest BCUT2D eigenvalue weighted by Gasteiger charge is 2.12. The van der Waals surface area contributed by atoms with E-state index in [9.17, 15) is 4.79 Å². The van der Waals surface area contributed by atoms with Crippen LogP contribution in [-0.2, 0) is 17.9 Å². The monoisotopic (exact) mass is 391 g/mol. The van der Waals surface area contributed by atoms with E-state index in [1.54, 1.807) is 10.9 Å². The van der Waals surface area contributed by atoms with Crippen LogP contribution in [0, 0.1) is 6.92 Å². The van der Waals surface area contributed by atoms with Crippen molar-refractivity contribution in [3.05, 3.63) is 66.2 Å². The number of aryl methyl sites for hydroxylation is 2. The molecule has 0 aliphatic rings. The second kappa shape index (κ2) is 8.18. The normalized spacial score (nSPS) is 11.1. The number of nitrogens with zero attached hydrogens (tertiary/aromatic N) is 3. The summed E-state index contributed by atoms with van der Waals surface area (Å²) in [6, 6.07) is 15.5. The SMILES string of the molecule is Cc1oc(-c2ccccc2)nc1COc1ccc2cnn(CCCC(=O)O)c2c1. The number of benzene rings is 2. The molecule has 2 heterocycles. The van der Waals surface area contributed by atoms with Gasteiger partial charge in [-0.3, -0.25) is 9.48 Å². The third-order valence-electron chi connectivity index (χ3n) is 4.67. The summed E-state index contributed by atoms with van der Waals surface area (Å²) in [4.78, 5) is 15.3. The molecule has 1 N–H and O–H groups in total. The number of carboxylic acids is 1. The van der Waals surface area contributed by atoms with Gasteiger partial charge < -0.3 is 14.3 Å². The molecule has 0 saturated heterocycles. The van der Waals surface area contributed by atoms with E-state index in [0.717, 1.165) is 27.9 Å². The maximum Gasteiger partial charge on any atom is 0.303 e. The lowest BCUT2D eigenvalue weighted by molar-refractivity contribution is -0.137. The fraction of sp³-hybridized carbons (Fsp3) is 0.227. The van der Waals surface area contributed by atoms with Crippen molar-refractivity contribution in [1.29, 1.82) is 0 Å². The van der Waals surface area contributed by atoms with Gasteiger partial charge in [0.1, 0.15) is 23.8 Å². The maximum absolute atomic E-state index is 10.7. The molecule has 0 unspecified atom stereocenters. The average Bonchev–Trinajstić information content (AvgIpc) is 3.30. The Balaban J connectivity index is 1.47. The van der Waals surface area contributed by atoms with Crippen LogP contribution in [0.4, 0.5) is 0 Å². The Morgan fingerprint density at radius 2 is 2.03 bits per heavy atom. The molecule has 0 radical (unpaired) electrons. The first-order valence-corrected chi connectivity index (χ1v) is 9.42. The average molecular weight is 391 g/mol. The van der Waals surface area contributed by atoms with Gasteiger partial charge in [0.15, 0.2) is 0 Å². The Bertz CT molecular complexity index is 1130. The number of ether oxygens (including phenoxy) is 1. The van der Waals surface area contributed by atoms with Crippen molar-refractivity contribution < 1.29 is 19.1 Å². The maximum atomic E-state index is 10.7. The fourth-order valence-electron chi connectivity index (χ4n) is 3.12. The molecule has 7 heteroatoms. The lowest BCUT2D eigenvalue weighted by Gasteiger charge is -2.07. The highest BCUT2D eigenvalue weighted by molar-refractivity contribution is 5.80. The van der Waals surface area contributed by atoms with Gasteiger partial charge in [0.25, 0.3) is 0 Å². The summed E-state index contributed by atoms with van der Waals surface area (Å²) < 4.78 is 13.5. The molecule has 148 valence electrons. The molecule has 29 heavy (non-hydrogen) atoms. The van der Waals surface area contributed by atoms with E-state index < -0.39 is 5.97 Å². The van der Waals surface area contributed by atoms with Gasteiger partial charge >= 0.3 is 5.97 Å². The van der Waals surface area contributed by atoms with Crippen LogP contribution in [0.2, 0.25) is 0 Å². The minimum Gasteiger partial charge on any atom is -0.487 e. The van der Waals surface area contributed by atoms with Crippen LogP contribution in [-0.4, -0.2) is 25.8 Å². The first-order valence-electron chi connectivity index (χ1n) is 9.42. The number of hydrogen-bond acceptors (Lipinski definition) is 5. The zero-order chi connectivity index (χ0) is 20.2. The standard InChI is InChI=1S/C22H21N3O4/c1-15-19(24-22(29-15)16-6-3-2-4-7-16)14-28-18-10-9-17-13-23-25(20(17)12-18)11-5-8-21(26)27/h2-4,6-7,9-10,12-13H,5,8,11,14H2,1H3,(H,26,27). The third kappa shape index (κ3) is 4.29. The summed E-state index contributed by atoms with van der Waals surface area (Å²) in [6.45, 7) is 2.71. The van der Waals surface area contributed by atoms with E-state index in [1.165, 1.54) is 0 Å². The molecule has 0 aliphatic carbocycles. The Morgan fingerprint density at radius 3 is 2.83 bits per heavy atom. The number of hydrogen-bond donors (Lipinski definition) is 1. The van der Waals surface area contributed by atoms with Crippen molar-refractivity contribution in [2.24, 2.45) is 0 Å². The molecule has 0 bridgehead atoms. The Labute approximate surface area is 167 Å². The smallest absolute Gasteiger partial charge is 0.303 e. The number of fused-ring (bicyclic) bond motifs is 1. The van der Waals surface area contributed by atoms with Crippen LogP contribution in [0.25, 0.3) is 22.4 Å². The van der Waals surface area contributed by atoms with E-state index in [4.69, 9.17) is 14.3 Å². The largest absolute Gasteiger partial charge is 0.487 e. The first-order chi connectivity index (χ1) is 14.1. The Hall–Kier alpha value is -3.61. The van der Waals surface area contributed by atoms with Gasteiger partial charge in [-0.1, -0.05) is 18.2 Å². The van der Waals surface area contributed by atoms with Crippen LogP contribution in [0.15, 0.2) is 59.1 Å². The molecule has 0 atom stereocenters. The van der Waals surface area contributed by atoms with Crippen molar-refractivity contribution in [3.8, 4) is 17.2 Å². The topological polar surface area (TPSA) is 90.4 Å². The van der Waals surface area contributed by atoms with E-state index in [0.29, 0.717) is 31.2 Å². The van der Waals surface area contributed by atoms with Gasteiger partial charge in [-0.2, -0.15) is 5.10 Å². The predicted octanol–water partition coefficient (Wildman–Crippen LogP) is 4.44. The molecule has 0 fully saturated rings. The van der Waals surface area contributed by atoms with Gasteiger partial charge in [-0.05, 0) is 37.6 Å². The lowest BCUT2D eigenvalue weighted by atomic mass is 10.2. The predicted molar refractivity (Wildman–Crippen MR) is 108 cm³/mol. The zero-order valence-corrected chi connectivity index (χ0v) is 16.0. The highest BCUT2D eigenvalue weighted by Crippen LogP contribution is 2.24. The van der Waals surface area contributed by atoms with Crippen molar-refractivity contribution in [3.63, 3.8) is 0 Å². The van der Waals surface area contributed by atoms with Gasteiger partial charge in [-0.25, -0.2) is 4.98 Å². The minimum atomic E-state index is -0.802. The molecule has 0 amide bonds.